The molecule has 7 nitrogen and oxygen atoms in total. The summed E-state index contributed by atoms with van der Waals surface area (Å²) in [7, 11) is 3.86. The van der Waals surface area contributed by atoms with Crippen molar-refractivity contribution >= 4 is 11.8 Å². The molecule has 1 aromatic rings. The number of hydrogen-bond donors (Lipinski definition) is 1. The number of likely N-dealkylation sites (N-methyl/N-ethyl adjacent to an activating group) is 1. The van der Waals surface area contributed by atoms with Gasteiger partial charge in [0.05, 0.1) is 19.8 Å². The van der Waals surface area contributed by atoms with Gasteiger partial charge < -0.3 is 24.6 Å². The number of anilines is 1. The third-order valence-electron chi connectivity index (χ3n) is 4.81. The van der Waals surface area contributed by atoms with Gasteiger partial charge in [-0.25, -0.2) is 4.98 Å². The number of nitrogens with zero attached hydrogens (tertiary/aromatic N) is 4. The van der Waals surface area contributed by atoms with E-state index in [0.717, 1.165) is 63.8 Å². The second-order valence-corrected chi connectivity index (χ2v) is 6.93. The Balaban J connectivity index is 1.49. The number of aromatic nitrogens is 1. The Morgan fingerprint density at radius 2 is 2.23 bits per heavy atom. The summed E-state index contributed by atoms with van der Waals surface area (Å²) in [6.07, 6.45) is 4.51. The molecule has 144 valence electrons. The van der Waals surface area contributed by atoms with E-state index in [1.807, 2.05) is 26.4 Å². The van der Waals surface area contributed by atoms with Crippen LogP contribution in [-0.2, 0) is 16.0 Å². The van der Waals surface area contributed by atoms with E-state index in [-0.39, 0.29) is 0 Å². The molecule has 0 spiro atoms. The highest BCUT2D eigenvalue weighted by Gasteiger charge is 2.21. The molecular weight excluding hydrogens is 330 g/mol. The molecule has 0 radical (unpaired) electrons. The highest BCUT2D eigenvalue weighted by atomic mass is 16.5. The lowest BCUT2D eigenvalue weighted by atomic mass is 10.2. The van der Waals surface area contributed by atoms with Crippen LogP contribution in [-0.4, -0.2) is 76.0 Å². The number of ether oxygens (including phenoxy) is 2. The predicted molar refractivity (Wildman–Crippen MR) is 104 cm³/mol. The maximum Gasteiger partial charge on any atom is 0.193 e. The highest BCUT2D eigenvalue weighted by molar-refractivity contribution is 5.79. The molecule has 0 unspecified atom stereocenters. The summed E-state index contributed by atoms with van der Waals surface area (Å²) >= 11 is 0. The number of hydrogen-bond acceptors (Lipinski definition) is 5. The first kappa shape index (κ1) is 18.9. The van der Waals surface area contributed by atoms with E-state index in [2.05, 4.69) is 31.2 Å². The van der Waals surface area contributed by atoms with Crippen molar-refractivity contribution in [2.24, 2.45) is 10.9 Å². The fourth-order valence-corrected chi connectivity index (χ4v) is 3.03. The fourth-order valence-electron chi connectivity index (χ4n) is 3.03. The van der Waals surface area contributed by atoms with Crippen molar-refractivity contribution in [1.29, 1.82) is 0 Å². The van der Waals surface area contributed by atoms with Crippen molar-refractivity contribution in [3.63, 3.8) is 0 Å². The Hall–Kier alpha value is -1.86. The first-order valence-electron chi connectivity index (χ1n) is 9.54. The van der Waals surface area contributed by atoms with Crippen LogP contribution in [0.2, 0.25) is 0 Å². The summed E-state index contributed by atoms with van der Waals surface area (Å²) in [6, 6.07) is 4.11. The molecule has 2 aliphatic rings. The second kappa shape index (κ2) is 9.73. The van der Waals surface area contributed by atoms with Gasteiger partial charge in [-0.05, 0) is 24.8 Å². The smallest absolute Gasteiger partial charge is 0.193 e. The fraction of sp³-hybridized carbons (Fsp3) is 0.684. The van der Waals surface area contributed by atoms with Gasteiger partial charge in [-0.1, -0.05) is 6.07 Å². The van der Waals surface area contributed by atoms with Gasteiger partial charge in [0.15, 0.2) is 5.96 Å². The largest absolute Gasteiger partial charge is 0.379 e. The van der Waals surface area contributed by atoms with E-state index in [9.17, 15) is 0 Å². The van der Waals surface area contributed by atoms with Crippen LogP contribution in [0.25, 0.3) is 0 Å². The number of morpholine rings is 1. The molecule has 1 aliphatic heterocycles. The molecule has 0 aromatic carbocycles. The van der Waals surface area contributed by atoms with E-state index in [4.69, 9.17) is 9.47 Å². The normalized spacial score (nSPS) is 18.1. The molecule has 1 N–H and O–H groups in total. The number of rotatable bonds is 8. The minimum absolute atomic E-state index is 0.695. The predicted octanol–water partition coefficient (Wildman–Crippen LogP) is 1.35. The molecule has 7 heteroatoms. The van der Waals surface area contributed by atoms with E-state index in [1.54, 1.807) is 0 Å². The average Bonchev–Trinajstić information content (AvgIpc) is 3.51. The van der Waals surface area contributed by atoms with Gasteiger partial charge >= 0.3 is 0 Å². The summed E-state index contributed by atoms with van der Waals surface area (Å²) in [6.45, 7) is 6.45. The lowest BCUT2D eigenvalue weighted by Crippen LogP contribution is -2.41. The molecule has 3 rings (SSSR count). The maximum absolute atomic E-state index is 5.73. The molecule has 1 aromatic heterocycles. The lowest BCUT2D eigenvalue weighted by molar-refractivity contribution is 0.115. The molecule has 1 saturated heterocycles. The van der Waals surface area contributed by atoms with E-state index in [0.29, 0.717) is 6.54 Å². The standard InChI is InChI=1S/C19H31N5O2/c1-20-19(23(2)8-11-26-15-16-5-6-16)22-14-17-4-3-7-21-18(17)24-9-12-25-13-10-24/h3-4,7,16H,5-6,8-15H2,1-2H3,(H,20,22). The van der Waals surface area contributed by atoms with Crippen molar-refractivity contribution in [3.8, 4) is 0 Å². The van der Waals surface area contributed by atoms with Crippen molar-refractivity contribution in [1.82, 2.24) is 15.2 Å². The van der Waals surface area contributed by atoms with Crippen LogP contribution in [0.4, 0.5) is 5.82 Å². The monoisotopic (exact) mass is 361 g/mol. The number of aliphatic imine (C=N–C) groups is 1. The van der Waals surface area contributed by atoms with Crippen LogP contribution in [0.1, 0.15) is 18.4 Å². The third kappa shape index (κ3) is 5.57. The first-order valence-corrected chi connectivity index (χ1v) is 9.54. The average molecular weight is 361 g/mol. The van der Waals surface area contributed by atoms with Crippen LogP contribution >= 0.6 is 0 Å². The van der Waals surface area contributed by atoms with Gasteiger partial charge in [-0.15, -0.1) is 0 Å². The van der Waals surface area contributed by atoms with Crippen molar-refractivity contribution in [2.75, 3.05) is 65.1 Å². The molecule has 0 bridgehead atoms. The Kier molecular flexibility index (Phi) is 7.08. The summed E-state index contributed by atoms with van der Waals surface area (Å²) in [5.74, 6) is 2.72. The zero-order valence-corrected chi connectivity index (χ0v) is 16.0. The quantitative estimate of drug-likeness (QED) is 0.428. The van der Waals surface area contributed by atoms with Crippen LogP contribution in [0.5, 0.6) is 0 Å². The SMILES string of the molecule is CN=C(NCc1cccnc1N1CCOCC1)N(C)CCOCC1CC1. The number of pyridine rings is 1. The van der Waals surface area contributed by atoms with Gasteiger partial charge in [0.25, 0.3) is 0 Å². The van der Waals surface area contributed by atoms with Gasteiger partial charge in [-0.3, -0.25) is 4.99 Å². The Morgan fingerprint density at radius 1 is 1.42 bits per heavy atom. The summed E-state index contributed by atoms with van der Waals surface area (Å²) < 4.78 is 11.2. The van der Waals surface area contributed by atoms with Crippen molar-refractivity contribution in [2.45, 2.75) is 19.4 Å². The molecule has 26 heavy (non-hydrogen) atoms. The number of guanidine groups is 1. The summed E-state index contributed by atoms with van der Waals surface area (Å²) in [4.78, 5) is 13.4. The van der Waals surface area contributed by atoms with Gasteiger partial charge in [0.1, 0.15) is 5.82 Å². The van der Waals surface area contributed by atoms with E-state index in [1.165, 1.54) is 18.4 Å². The highest BCUT2D eigenvalue weighted by Crippen LogP contribution is 2.28. The molecule has 2 fully saturated rings. The van der Waals surface area contributed by atoms with Crippen LogP contribution in [0.3, 0.4) is 0 Å². The first-order chi connectivity index (χ1) is 12.8. The van der Waals surface area contributed by atoms with Gasteiger partial charge in [0.2, 0.25) is 0 Å². The molecule has 0 atom stereocenters. The molecule has 0 amide bonds. The van der Waals surface area contributed by atoms with Crippen molar-refractivity contribution in [3.05, 3.63) is 23.9 Å². The summed E-state index contributed by atoms with van der Waals surface area (Å²) in [5, 5.41) is 3.45. The number of nitrogens with one attached hydrogen (secondary N) is 1. The summed E-state index contributed by atoms with van der Waals surface area (Å²) in [5.41, 5.74) is 1.17. The van der Waals surface area contributed by atoms with Crippen LogP contribution in [0.15, 0.2) is 23.3 Å². The van der Waals surface area contributed by atoms with E-state index < -0.39 is 0 Å². The van der Waals surface area contributed by atoms with Crippen LogP contribution < -0.4 is 10.2 Å². The second-order valence-electron chi connectivity index (χ2n) is 6.93. The third-order valence-corrected chi connectivity index (χ3v) is 4.81. The molecule has 2 heterocycles. The molecule has 1 aliphatic carbocycles. The minimum atomic E-state index is 0.695. The molecule has 1 saturated carbocycles. The van der Waals surface area contributed by atoms with Gasteiger partial charge in [0, 0.05) is 58.6 Å². The lowest BCUT2D eigenvalue weighted by Gasteiger charge is -2.30. The maximum atomic E-state index is 5.73. The zero-order valence-electron chi connectivity index (χ0n) is 16.0. The topological polar surface area (TPSA) is 62.2 Å². The van der Waals surface area contributed by atoms with Crippen LogP contribution in [0, 0.1) is 5.92 Å². The van der Waals surface area contributed by atoms with E-state index >= 15 is 0 Å². The Bertz CT molecular complexity index is 585. The van der Waals surface area contributed by atoms with Gasteiger partial charge in [-0.2, -0.15) is 0 Å². The minimum Gasteiger partial charge on any atom is -0.379 e. The van der Waals surface area contributed by atoms with Crippen molar-refractivity contribution < 1.29 is 9.47 Å². The zero-order chi connectivity index (χ0) is 18.2. The Labute approximate surface area is 156 Å². The molecular formula is C19H31N5O2. The Morgan fingerprint density at radius 3 is 2.96 bits per heavy atom.